The largest absolute Gasteiger partial charge is 0.341 e. The molecule has 1 heterocycles. The second-order valence-corrected chi connectivity index (χ2v) is 7.34. The molecule has 1 aromatic heterocycles. The minimum Gasteiger partial charge on any atom is -0.341 e. The van der Waals surface area contributed by atoms with Crippen LogP contribution in [0.2, 0.25) is 0 Å². The molecule has 0 aliphatic rings. The number of nitrogens with zero attached hydrogens (tertiary/aromatic N) is 2. The molecule has 0 saturated heterocycles. The number of rotatable bonds is 7. The van der Waals surface area contributed by atoms with Gasteiger partial charge in [0.2, 0.25) is 5.91 Å². The van der Waals surface area contributed by atoms with Gasteiger partial charge in [-0.25, -0.2) is 4.98 Å². The van der Waals surface area contributed by atoms with Crippen molar-refractivity contribution in [3.05, 3.63) is 56.4 Å². The van der Waals surface area contributed by atoms with Crippen molar-refractivity contribution in [1.82, 2.24) is 14.9 Å². The molecular formula is C17H20BrN3O2S. The summed E-state index contributed by atoms with van der Waals surface area (Å²) in [6, 6.07) is 9.38. The van der Waals surface area contributed by atoms with Gasteiger partial charge in [0, 0.05) is 29.8 Å². The summed E-state index contributed by atoms with van der Waals surface area (Å²) >= 11 is 4.65. The van der Waals surface area contributed by atoms with Gasteiger partial charge in [-0.2, -0.15) is 0 Å². The van der Waals surface area contributed by atoms with E-state index in [-0.39, 0.29) is 17.2 Å². The normalized spacial score (nSPS) is 10.6. The molecule has 0 saturated carbocycles. The lowest BCUT2D eigenvalue weighted by Crippen LogP contribution is -2.28. The SMILES string of the molecule is CCCc1cc(=O)[nH]c(SCC(=O)N(C)Cc2ccc(Br)cc2)n1. The van der Waals surface area contributed by atoms with Gasteiger partial charge in [0.1, 0.15) is 0 Å². The third-order valence-electron chi connectivity index (χ3n) is 3.37. The predicted molar refractivity (Wildman–Crippen MR) is 100 cm³/mol. The van der Waals surface area contributed by atoms with Crippen LogP contribution in [0.3, 0.4) is 0 Å². The number of aromatic amines is 1. The van der Waals surface area contributed by atoms with Crippen molar-refractivity contribution in [2.75, 3.05) is 12.8 Å². The zero-order valence-corrected chi connectivity index (χ0v) is 16.1. The van der Waals surface area contributed by atoms with Gasteiger partial charge in [-0.15, -0.1) is 0 Å². The first-order valence-electron chi connectivity index (χ1n) is 7.69. The van der Waals surface area contributed by atoms with Gasteiger partial charge in [-0.05, 0) is 24.1 Å². The molecule has 0 radical (unpaired) electrons. The van der Waals surface area contributed by atoms with E-state index < -0.39 is 0 Å². The van der Waals surface area contributed by atoms with Crippen LogP contribution >= 0.6 is 27.7 Å². The van der Waals surface area contributed by atoms with Crippen molar-refractivity contribution in [3.8, 4) is 0 Å². The number of aromatic nitrogens is 2. The quantitative estimate of drug-likeness (QED) is 0.562. The number of benzene rings is 1. The summed E-state index contributed by atoms with van der Waals surface area (Å²) < 4.78 is 1.01. The van der Waals surface area contributed by atoms with Crippen molar-refractivity contribution >= 4 is 33.6 Å². The number of aryl methyl sites for hydroxylation is 1. The molecule has 0 aliphatic heterocycles. The molecule has 2 aromatic rings. The van der Waals surface area contributed by atoms with Crippen LogP contribution in [0.5, 0.6) is 0 Å². The topological polar surface area (TPSA) is 66.1 Å². The Morgan fingerprint density at radius 1 is 1.33 bits per heavy atom. The number of thioether (sulfide) groups is 1. The minimum atomic E-state index is -0.174. The summed E-state index contributed by atoms with van der Waals surface area (Å²) in [7, 11) is 1.77. The van der Waals surface area contributed by atoms with Crippen molar-refractivity contribution in [3.63, 3.8) is 0 Å². The predicted octanol–water partition coefficient (Wildman–Crippen LogP) is 3.24. The standard InChI is InChI=1S/C17H20BrN3O2S/c1-3-4-14-9-15(22)20-17(19-14)24-11-16(23)21(2)10-12-5-7-13(18)8-6-12/h5-9H,3-4,10-11H2,1-2H3,(H,19,20,22). The Kier molecular flexibility index (Phi) is 7.05. The van der Waals surface area contributed by atoms with E-state index in [0.29, 0.717) is 11.7 Å². The summed E-state index contributed by atoms with van der Waals surface area (Å²) in [6.45, 7) is 2.59. The van der Waals surface area contributed by atoms with Crippen LogP contribution in [0.4, 0.5) is 0 Å². The fraction of sp³-hybridized carbons (Fsp3) is 0.353. The van der Waals surface area contributed by atoms with Gasteiger partial charge in [0.15, 0.2) is 5.16 Å². The molecule has 24 heavy (non-hydrogen) atoms. The van der Waals surface area contributed by atoms with Crippen molar-refractivity contribution in [1.29, 1.82) is 0 Å². The first kappa shape index (κ1) is 18.7. The summed E-state index contributed by atoms with van der Waals surface area (Å²) in [5.41, 5.74) is 1.65. The average molecular weight is 410 g/mol. The molecule has 1 N–H and O–H groups in total. The number of hydrogen-bond donors (Lipinski definition) is 1. The number of carbonyl (C=O) groups is 1. The molecule has 2 rings (SSSR count). The van der Waals surface area contributed by atoms with E-state index in [1.165, 1.54) is 17.8 Å². The number of H-pyrrole nitrogens is 1. The van der Waals surface area contributed by atoms with Gasteiger partial charge >= 0.3 is 0 Å². The summed E-state index contributed by atoms with van der Waals surface area (Å²) in [5.74, 6) is 0.234. The molecule has 0 aliphatic carbocycles. The highest BCUT2D eigenvalue weighted by atomic mass is 79.9. The number of amides is 1. The Morgan fingerprint density at radius 3 is 2.71 bits per heavy atom. The van der Waals surface area contributed by atoms with Gasteiger partial charge in [-0.3, -0.25) is 9.59 Å². The number of hydrogen-bond acceptors (Lipinski definition) is 4. The van der Waals surface area contributed by atoms with Crippen LogP contribution in [-0.2, 0) is 17.8 Å². The van der Waals surface area contributed by atoms with Crippen LogP contribution in [0.25, 0.3) is 0 Å². The van der Waals surface area contributed by atoms with Crippen LogP contribution < -0.4 is 5.56 Å². The lowest BCUT2D eigenvalue weighted by Gasteiger charge is -2.17. The molecule has 7 heteroatoms. The van der Waals surface area contributed by atoms with Crippen molar-refractivity contribution < 1.29 is 4.79 Å². The molecule has 0 fully saturated rings. The first-order chi connectivity index (χ1) is 11.5. The Morgan fingerprint density at radius 2 is 2.04 bits per heavy atom. The highest BCUT2D eigenvalue weighted by Gasteiger charge is 2.11. The maximum Gasteiger partial charge on any atom is 0.251 e. The van der Waals surface area contributed by atoms with E-state index in [1.807, 2.05) is 31.2 Å². The maximum absolute atomic E-state index is 12.3. The average Bonchev–Trinajstić information content (AvgIpc) is 2.54. The van der Waals surface area contributed by atoms with Crippen molar-refractivity contribution in [2.45, 2.75) is 31.5 Å². The van der Waals surface area contributed by atoms with Crippen LogP contribution in [0.15, 0.2) is 44.8 Å². The Labute approximate surface area is 154 Å². The maximum atomic E-state index is 12.3. The number of halogens is 1. The van der Waals surface area contributed by atoms with Crippen LogP contribution in [0, 0.1) is 0 Å². The molecule has 0 spiro atoms. The van der Waals surface area contributed by atoms with E-state index in [0.717, 1.165) is 28.6 Å². The summed E-state index contributed by atoms with van der Waals surface area (Å²) in [4.78, 5) is 32.6. The van der Waals surface area contributed by atoms with Crippen molar-refractivity contribution in [2.24, 2.45) is 0 Å². The Bertz CT molecular complexity index is 746. The number of nitrogens with one attached hydrogen (secondary N) is 1. The lowest BCUT2D eigenvalue weighted by molar-refractivity contribution is -0.127. The molecule has 0 unspecified atom stereocenters. The number of carbonyl (C=O) groups excluding carboxylic acids is 1. The fourth-order valence-electron chi connectivity index (χ4n) is 2.13. The summed E-state index contributed by atoms with van der Waals surface area (Å²) in [5, 5.41) is 0.497. The second-order valence-electron chi connectivity index (χ2n) is 5.46. The van der Waals surface area contributed by atoms with Crippen LogP contribution in [0.1, 0.15) is 24.6 Å². The zero-order chi connectivity index (χ0) is 17.5. The van der Waals surface area contributed by atoms with Gasteiger partial charge in [-0.1, -0.05) is 53.2 Å². The smallest absolute Gasteiger partial charge is 0.251 e. The van der Waals surface area contributed by atoms with E-state index in [2.05, 4.69) is 25.9 Å². The second kappa shape index (κ2) is 9.03. The molecule has 1 amide bonds. The Balaban J connectivity index is 1.92. The van der Waals surface area contributed by atoms with E-state index in [4.69, 9.17) is 0 Å². The van der Waals surface area contributed by atoms with Gasteiger partial charge < -0.3 is 9.88 Å². The molecular weight excluding hydrogens is 390 g/mol. The van der Waals surface area contributed by atoms with E-state index >= 15 is 0 Å². The van der Waals surface area contributed by atoms with Gasteiger partial charge in [0.25, 0.3) is 5.56 Å². The highest BCUT2D eigenvalue weighted by Crippen LogP contribution is 2.15. The Hall–Kier alpha value is -1.60. The van der Waals surface area contributed by atoms with E-state index in [1.54, 1.807) is 11.9 Å². The third-order valence-corrected chi connectivity index (χ3v) is 4.76. The lowest BCUT2D eigenvalue weighted by atomic mass is 10.2. The highest BCUT2D eigenvalue weighted by molar-refractivity contribution is 9.10. The van der Waals surface area contributed by atoms with Gasteiger partial charge in [0.05, 0.1) is 5.75 Å². The van der Waals surface area contributed by atoms with Crippen LogP contribution in [-0.4, -0.2) is 33.6 Å². The van der Waals surface area contributed by atoms with E-state index in [9.17, 15) is 9.59 Å². The summed E-state index contributed by atoms with van der Waals surface area (Å²) in [6.07, 6.45) is 1.68. The third kappa shape index (κ3) is 5.79. The molecule has 1 aromatic carbocycles. The first-order valence-corrected chi connectivity index (χ1v) is 9.47. The minimum absolute atomic E-state index is 0.00791. The molecule has 128 valence electrons. The monoisotopic (exact) mass is 409 g/mol. The zero-order valence-electron chi connectivity index (χ0n) is 13.7. The molecule has 0 atom stereocenters. The molecule has 0 bridgehead atoms. The fourth-order valence-corrected chi connectivity index (χ4v) is 3.23. The molecule has 5 nitrogen and oxygen atoms in total.